The highest BCUT2D eigenvalue weighted by molar-refractivity contribution is 7.98. The van der Waals surface area contributed by atoms with Gasteiger partial charge in [-0.05, 0) is 38.3 Å². The minimum Gasteiger partial charge on any atom is -0.496 e. The third-order valence-corrected chi connectivity index (χ3v) is 5.68. The molecular weight excluding hydrogens is 398 g/mol. The Morgan fingerprint density at radius 1 is 1.13 bits per heavy atom. The first kappa shape index (κ1) is 20.3. The zero-order chi connectivity index (χ0) is 21.1. The second-order valence-electron chi connectivity index (χ2n) is 6.74. The molecule has 0 fully saturated rings. The van der Waals surface area contributed by atoms with Crippen LogP contribution in [0.1, 0.15) is 25.6 Å². The SMILES string of the molecule is CCN(CC)c1ccc(C2Nc3ccccc3-c3nnc(SC)nc3O2)c(OC)c1. The van der Waals surface area contributed by atoms with Crippen molar-refractivity contribution in [2.24, 2.45) is 0 Å². The normalized spacial score (nSPS) is 14.6. The van der Waals surface area contributed by atoms with E-state index in [9.17, 15) is 0 Å². The summed E-state index contributed by atoms with van der Waals surface area (Å²) in [6.45, 7) is 6.14. The molecule has 8 heteroatoms. The minimum atomic E-state index is -0.487. The lowest BCUT2D eigenvalue weighted by atomic mass is 10.1. The van der Waals surface area contributed by atoms with E-state index in [1.807, 2.05) is 36.6 Å². The summed E-state index contributed by atoms with van der Waals surface area (Å²) in [5, 5.41) is 12.6. The molecule has 1 N–H and O–H groups in total. The van der Waals surface area contributed by atoms with Gasteiger partial charge in [-0.25, -0.2) is 0 Å². The zero-order valence-corrected chi connectivity index (χ0v) is 18.4. The van der Waals surface area contributed by atoms with Gasteiger partial charge in [-0.1, -0.05) is 30.0 Å². The molecule has 0 saturated carbocycles. The molecule has 0 amide bonds. The highest BCUT2D eigenvalue weighted by atomic mass is 32.2. The number of hydrogen-bond acceptors (Lipinski definition) is 8. The number of benzene rings is 2. The Morgan fingerprint density at radius 2 is 1.93 bits per heavy atom. The fourth-order valence-electron chi connectivity index (χ4n) is 3.58. The molecule has 0 saturated heterocycles. The number of aromatic nitrogens is 3. The zero-order valence-electron chi connectivity index (χ0n) is 17.5. The van der Waals surface area contributed by atoms with Gasteiger partial charge in [-0.2, -0.15) is 4.98 Å². The van der Waals surface area contributed by atoms with Gasteiger partial charge in [0.2, 0.25) is 17.3 Å². The minimum absolute atomic E-state index is 0.451. The van der Waals surface area contributed by atoms with Crippen LogP contribution >= 0.6 is 11.8 Å². The van der Waals surface area contributed by atoms with E-state index >= 15 is 0 Å². The van der Waals surface area contributed by atoms with E-state index in [0.29, 0.717) is 16.7 Å². The van der Waals surface area contributed by atoms with Crippen LogP contribution < -0.4 is 19.7 Å². The first-order chi connectivity index (χ1) is 14.7. The molecule has 0 spiro atoms. The largest absolute Gasteiger partial charge is 0.496 e. The summed E-state index contributed by atoms with van der Waals surface area (Å²) >= 11 is 1.43. The third-order valence-electron chi connectivity index (χ3n) is 5.14. The van der Waals surface area contributed by atoms with Gasteiger partial charge in [-0.15, -0.1) is 10.2 Å². The van der Waals surface area contributed by atoms with Crippen molar-refractivity contribution in [1.82, 2.24) is 15.2 Å². The molecule has 1 aromatic heterocycles. The van der Waals surface area contributed by atoms with Gasteiger partial charge in [0, 0.05) is 36.1 Å². The average Bonchev–Trinajstić information content (AvgIpc) is 2.96. The maximum absolute atomic E-state index is 6.33. The number of thioether (sulfide) groups is 1. The van der Waals surface area contributed by atoms with Crippen LogP contribution in [0.4, 0.5) is 11.4 Å². The van der Waals surface area contributed by atoms with E-state index in [1.165, 1.54) is 11.8 Å². The third kappa shape index (κ3) is 3.75. The predicted molar refractivity (Wildman–Crippen MR) is 121 cm³/mol. The van der Waals surface area contributed by atoms with Crippen LogP contribution in [0, 0.1) is 0 Å². The number of anilines is 2. The molecule has 2 heterocycles. The quantitative estimate of drug-likeness (QED) is 0.576. The maximum atomic E-state index is 6.33. The molecule has 7 nitrogen and oxygen atoms in total. The van der Waals surface area contributed by atoms with E-state index in [0.717, 1.165) is 41.3 Å². The Kier molecular flexibility index (Phi) is 5.94. The number of hydrogen-bond donors (Lipinski definition) is 1. The molecule has 1 aliphatic heterocycles. The lowest BCUT2D eigenvalue weighted by molar-refractivity contribution is 0.220. The molecule has 1 unspecified atom stereocenters. The molecular formula is C22H25N5O2S. The lowest BCUT2D eigenvalue weighted by Gasteiger charge is -2.25. The monoisotopic (exact) mass is 423 g/mol. The Bertz CT molecular complexity index is 1040. The first-order valence-electron chi connectivity index (χ1n) is 9.92. The van der Waals surface area contributed by atoms with Crippen LogP contribution in [-0.2, 0) is 0 Å². The van der Waals surface area contributed by atoms with Gasteiger partial charge < -0.3 is 19.7 Å². The summed E-state index contributed by atoms with van der Waals surface area (Å²) in [5.41, 5.74) is 4.44. The molecule has 1 aliphatic rings. The summed E-state index contributed by atoms with van der Waals surface area (Å²) in [6.07, 6.45) is 1.43. The number of nitrogens with one attached hydrogen (secondary N) is 1. The van der Waals surface area contributed by atoms with E-state index in [-0.39, 0.29) is 0 Å². The summed E-state index contributed by atoms with van der Waals surface area (Å²) in [4.78, 5) is 6.85. The van der Waals surface area contributed by atoms with E-state index in [4.69, 9.17) is 9.47 Å². The van der Waals surface area contributed by atoms with Crippen LogP contribution in [0.3, 0.4) is 0 Å². The molecule has 2 aromatic carbocycles. The number of nitrogens with zero attached hydrogens (tertiary/aromatic N) is 4. The first-order valence-corrected chi connectivity index (χ1v) is 11.1. The Hall–Kier alpha value is -3.00. The van der Waals surface area contributed by atoms with Gasteiger partial charge in [0.1, 0.15) is 5.75 Å². The van der Waals surface area contributed by atoms with E-state index in [2.05, 4.69) is 51.4 Å². The van der Waals surface area contributed by atoms with Crippen LogP contribution in [0.2, 0.25) is 0 Å². The molecule has 3 aromatic rings. The van der Waals surface area contributed by atoms with Crippen molar-refractivity contribution in [2.45, 2.75) is 25.2 Å². The van der Waals surface area contributed by atoms with Crippen molar-refractivity contribution >= 4 is 23.1 Å². The number of methoxy groups -OCH3 is 1. The van der Waals surface area contributed by atoms with Crippen molar-refractivity contribution in [3.63, 3.8) is 0 Å². The van der Waals surface area contributed by atoms with Crippen molar-refractivity contribution in [3.05, 3.63) is 48.0 Å². The molecule has 156 valence electrons. The summed E-state index contributed by atoms with van der Waals surface area (Å²) in [7, 11) is 1.68. The Balaban J connectivity index is 1.80. The van der Waals surface area contributed by atoms with E-state index < -0.39 is 6.23 Å². The topological polar surface area (TPSA) is 72.4 Å². The molecule has 1 atom stereocenters. The van der Waals surface area contributed by atoms with Gasteiger partial charge >= 0.3 is 0 Å². The summed E-state index contributed by atoms with van der Waals surface area (Å²) in [5.74, 6) is 1.21. The Labute approximate surface area is 180 Å². The molecule has 4 rings (SSSR count). The smallest absolute Gasteiger partial charge is 0.247 e. The van der Waals surface area contributed by atoms with Crippen molar-refractivity contribution < 1.29 is 9.47 Å². The van der Waals surface area contributed by atoms with Crippen molar-refractivity contribution in [1.29, 1.82) is 0 Å². The van der Waals surface area contributed by atoms with Gasteiger partial charge in [-0.3, -0.25) is 0 Å². The fraction of sp³-hybridized carbons (Fsp3) is 0.318. The van der Waals surface area contributed by atoms with Gasteiger partial charge in [0.25, 0.3) is 0 Å². The van der Waals surface area contributed by atoms with Crippen LogP contribution in [0.15, 0.2) is 47.6 Å². The van der Waals surface area contributed by atoms with Gasteiger partial charge in [0.05, 0.1) is 12.7 Å². The van der Waals surface area contributed by atoms with Crippen LogP contribution in [0.25, 0.3) is 11.3 Å². The predicted octanol–water partition coefficient (Wildman–Crippen LogP) is 4.62. The molecule has 0 bridgehead atoms. The number of rotatable bonds is 6. The second-order valence-corrected chi connectivity index (χ2v) is 7.51. The maximum Gasteiger partial charge on any atom is 0.247 e. The summed E-state index contributed by atoms with van der Waals surface area (Å²) < 4.78 is 12.1. The van der Waals surface area contributed by atoms with Crippen LogP contribution in [0.5, 0.6) is 11.6 Å². The summed E-state index contributed by atoms with van der Waals surface area (Å²) in [6, 6.07) is 14.1. The Morgan fingerprint density at radius 3 is 2.67 bits per heavy atom. The van der Waals surface area contributed by atoms with Gasteiger partial charge in [0.15, 0.2) is 5.69 Å². The second kappa shape index (κ2) is 8.79. The number of ether oxygens (including phenoxy) is 2. The lowest BCUT2D eigenvalue weighted by Crippen LogP contribution is -2.22. The van der Waals surface area contributed by atoms with E-state index in [1.54, 1.807) is 7.11 Å². The average molecular weight is 424 g/mol. The number of para-hydroxylation sites is 1. The van der Waals surface area contributed by atoms with Crippen LogP contribution in [-0.4, -0.2) is 41.6 Å². The standard InChI is InChI=1S/C22H25N5O2S/c1-5-27(6-2)14-11-12-16(18(13-14)28-3)20-23-17-10-8-7-9-15(17)19-21(29-20)24-22(30-4)26-25-19/h7-13,20,23H,5-6H2,1-4H3. The van der Waals surface area contributed by atoms with Crippen molar-refractivity contribution in [3.8, 4) is 22.9 Å². The molecule has 0 radical (unpaired) electrons. The van der Waals surface area contributed by atoms with Crippen molar-refractivity contribution in [2.75, 3.05) is 36.7 Å². The molecule has 0 aliphatic carbocycles. The molecule has 30 heavy (non-hydrogen) atoms. The fourth-order valence-corrected chi connectivity index (χ4v) is 3.87. The highest BCUT2D eigenvalue weighted by Gasteiger charge is 2.28. The number of fused-ring (bicyclic) bond motifs is 3. The highest BCUT2D eigenvalue weighted by Crippen LogP contribution is 2.41.